The summed E-state index contributed by atoms with van der Waals surface area (Å²) in [6.07, 6.45) is 0. The van der Waals surface area contributed by atoms with Crippen molar-refractivity contribution in [1.29, 1.82) is 5.26 Å². The number of benzene rings is 2. The predicted molar refractivity (Wildman–Crippen MR) is 77.5 cm³/mol. The molecule has 0 atom stereocenters. The number of nitrogens with zero attached hydrogens (tertiary/aromatic N) is 2. The van der Waals surface area contributed by atoms with Crippen LogP contribution in [0.15, 0.2) is 42.5 Å². The lowest BCUT2D eigenvalue weighted by molar-refractivity contribution is 0.318. The first-order valence-corrected chi connectivity index (χ1v) is 6.51. The van der Waals surface area contributed by atoms with Gasteiger partial charge in [0, 0.05) is 13.1 Å². The van der Waals surface area contributed by atoms with E-state index >= 15 is 0 Å². The van der Waals surface area contributed by atoms with E-state index in [9.17, 15) is 4.39 Å². The number of aryl methyl sites for hydroxylation is 1. The van der Waals surface area contributed by atoms with Crippen LogP contribution in [0.3, 0.4) is 0 Å². The summed E-state index contributed by atoms with van der Waals surface area (Å²) in [6, 6.07) is 14.5. The Labute approximate surface area is 119 Å². The van der Waals surface area contributed by atoms with Gasteiger partial charge in [0.05, 0.1) is 11.6 Å². The second-order valence-corrected chi connectivity index (χ2v) is 5.05. The van der Waals surface area contributed by atoms with E-state index < -0.39 is 0 Å². The number of halogens is 1. The van der Waals surface area contributed by atoms with Gasteiger partial charge in [0.1, 0.15) is 5.82 Å². The van der Waals surface area contributed by atoms with Gasteiger partial charge in [-0.15, -0.1) is 0 Å². The summed E-state index contributed by atoms with van der Waals surface area (Å²) in [4.78, 5) is 2.17. The average molecular weight is 268 g/mol. The minimum Gasteiger partial charge on any atom is -0.298 e. The van der Waals surface area contributed by atoms with Gasteiger partial charge in [-0.1, -0.05) is 18.2 Å². The molecule has 2 rings (SSSR count). The molecule has 2 aromatic carbocycles. The molecule has 0 aliphatic rings. The maximum atomic E-state index is 12.9. The summed E-state index contributed by atoms with van der Waals surface area (Å²) in [5, 5.41) is 8.86. The summed E-state index contributed by atoms with van der Waals surface area (Å²) >= 11 is 0. The Morgan fingerprint density at radius 3 is 2.40 bits per heavy atom. The van der Waals surface area contributed by atoms with Crippen LogP contribution in [0.2, 0.25) is 0 Å². The van der Waals surface area contributed by atoms with Crippen LogP contribution in [-0.2, 0) is 13.1 Å². The maximum Gasteiger partial charge on any atom is 0.123 e. The second-order valence-electron chi connectivity index (χ2n) is 5.05. The number of hydrogen-bond donors (Lipinski definition) is 0. The summed E-state index contributed by atoms with van der Waals surface area (Å²) in [7, 11) is 2.03. The van der Waals surface area contributed by atoms with Crippen LogP contribution in [0.1, 0.15) is 22.3 Å². The summed E-state index contributed by atoms with van der Waals surface area (Å²) in [6.45, 7) is 3.58. The maximum absolute atomic E-state index is 12.9. The van der Waals surface area contributed by atoms with E-state index in [0.29, 0.717) is 5.56 Å². The molecule has 0 aliphatic heterocycles. The van der Waals surface area contributed by atoms with Gasteiger partial charge in [0.25, 0.3) is 0 Å². The molecule has 2 nitrogen and oxygen atoms in total. The highest BCUT2D eigenvalue weighted by molar-refractivity contribution is 5.37. The standard InChI is InChI=1S/C17H17FN2/c1-13-9-15(10-19)3-6-16(13)12-20(2)11-14-4-7-17(18)8-5-14/h3-9H,11-12H2,1-2H3. The van der Waals surface area contributed by atoms with E-state index in [1.54, 1.807) is 12.1 Å². The van der Waals surface area contributed by atoms with E-state index in [1.165, 1.54) is 17.7 Å². The van der Waals surface area contributed by atoms with Crippen molar-refractivity contribution in [3.05, 3.63) is 70.5 Å². The lowest BCUT2D eigenvalue weighted by Crippen LogP contribution is -2.17. The minimum atomic E-state index is -0.209. The van der Waals surface area contributed by atoms with Gasteiger partial charge < -0.3 is 0 Å². The van der Waals surface area contributed by atoms with Crippen LogP contribution in [-0.4, -0.2) is 11.9 Å². The smallest absolute Gasteiger partial charge is 0.123 e. The topological polar surface area (TPSA) is 27.0 Å². The first-order valence-electron chi connectivity index (χ1n) is 6.51. The van der Waals surface area contributed by atoms with E-state index in [0.717, 1.165) is 24.2 Å². The normalized spacial score (nSPS) is 10.6. The van der Waals surface area contributed by atoms with Gasteiger partial charge in [0.15, 0.2) is 0 Å². The van der Waals surface area contributed by atoms with E-state index in [-0.39, 0.29) is 5.82 Å². The van der Waals surface area contributed by atoms with E-state index in [4.69, 9.17) is 5.26 Å². The molecular weight excluding hydrogens is 251 g/mol. The summed E-state index contributed by atoms with van der Waals surface area (Å²) in [5.41, 5.74) is 4.09. The van der Waals surface area contributed by atoms with Crippen molar-refractivity contribution in [3.8, 4) is 6.07 Å². The molecule has 0 radical (unpaired) electrons. The molecule has 0 spiro atoms. The SMILES string of the molecule is Cc1cc(C#N)ccc1CN(C)Cc1ccc(F)cc1. The molecule has 0 aromatic heterocycles. The van der Waals surface area contributed by atoms with Crippen LogP contribution < -0.4 is 0 Å². The Bertz CT molecular complexity index is 626. The molecule has 0 amide bonds. The van der Waals surface area contributed by atoms with Crippen molar-refractivity contribution >= 4 is 0 Å². The van der Waals surface area contributed by atoms with Gasteiger partial charge in [-0.3, -0.25) is 4.90 Å². The quantitative estimate of drug-likeness (QED) is 0.846. The molecule has 0 aliphatic carbocycles. The van der Waals surface area contributed by atoms with Crippen molar-refractivity contribution in [2.45, 2.75) is 20.0 Å². The van der Waals surface area contributed by atoms with E-state index in [2.05, 4.69) is 11.0 Å². The molecule has 0 saturated heterocycles. The minimum absolute atomic E-state index is 0.209. The fourth-order valence-electron chi connectivity index (χ4n) is 2.19. The van der Waals surface area contributed by atoms with Crippen LogP contribution in [0.25, 0.3) is 0 Å². The van der Waals surface area contributed by atoms with Crippen molar-refractivity contribution in [2.24, 2.45) is 0 Å². The van der Waals surface area contributed by atoms with Crippen LogP contribution in [0.4, 0.5) is 4.39 Å². The highest BCUT2D eigenvalue weighted by Crippen LogP contribution is 2.14. The molecule has 20 heavy (non-hydrogen) atoms. The Hall–Kier alpha value is -2.18. The first-order chi connectivity index (χ1) is 9.58. The van der Waals surface area contributed by atoms with Crippen molar-refractivity contribution in [2.75, 3.05) is 7.05 Å². The van der Waals surface area contributed by atoms with Gasteiger partial charge >= 0.3 is 0 Å². The zero-order valence-electron chi connectivity index (χ0n) is 11.7. The highest BCUT2D eigenvalue weighted by atomic mass is 19.1. The molecule has 0 unspecified atom stereocenters. The predicted octanol–water partition coefficient (Wildman–Crippen LogP) is 3.64. The van der Waals surface area contributed by atoms with Gasteiger partial charge in [-0.2, -0.15) is 5.26 Å². The Balaban J connectivity index is 2.03. The zero-order chi connectivity index (χ0) is 14.5. The third-order valence-corrected chi connectivity index (χ3v) is 3.28. The second kappa shape index (κ2) is 6.31. The molecule has 0 heterocycles. The van der Waals surface area contributed by atoms with Gasteiger partial charge in [0.2, 0.25) is 0 Å². The first kappa shape index (κ1) is 14.2. The fourth-order valence-corrected chi connectivity index (χ4v) is 2.19. The monoisotopic (exact) mass is 268 g/mol. The molecule has 2 aromatic rings. The van der Waals surface area contributed by atoms with Crippen LogP contribution in [0.5, 0.6) is 0 Å². The molecule has 0 bridgehead atoms. The molecule has 0 fully saturated rings. The Morgan fingerprint density at radius 1 is 1.10 bits per heavy atom. The fraction of sp³-hybridized carbons (Fsp3) is 0.235. The van der Waals surface area contributed by atoms with Crippen molar-refractivity contribution < 1.29 is 4.39 Å². The zero-order valence-corrected chi connectivity index (χ0v) is 11.7. The molecule has 3 heteroatoms. The highest BCUT2D eigenvalue weighted by Gasteiger charge is 2.05. The molecule has 102 valence electrons. The van der Waals surface area contributed by atoms with Crippen LogP contribution >= 0.6 is 0 Å². The number of rotatable bonds is 4. The van der Waals surface area contributed by atoms with Crippen molar-refractivity contribution in [1.82, 2.24) is 4.90 Å². The summed E-state index contributed by atoms with van der Waals surface area (Å²) < 4.78 is 12.9. The molecular formula is C17H17FN2. The largest absolute Gasteiger partial charge is 0.298 e. The van der Waals surface area contributed by atoms with Crippen molar-refractivity contribution in [3.63, 3.8) is 0 Å². The number of nitriles is 1. The van der Waals surface area contributed by atoms with Crippen LogP contribution in [0, 0.1) is 24.1 Å². The number of hydrogen-bond acceptors (Lipinski definition) is 2. The molecule has 0 N–H and O–H groups in total. The summed E-state index contributed by atoms with van der Waals surface area (Å²) in [5.74, 6) is -0.209. The van der Waals surface area contributed by atoms with Gasteiger partial charge in [-0.25, -0.2) is 4.39 Å². The lowest BCUT2D eigenvalue weighted by Gasteiger charge is -2.18. The third kappa shape index (κ3) is 3.66. The molecule has 0 saturated carbocycles. The average Bonchev–Trinajstić information content (AvgIpc) is 2.43. The lowest BCUT2D eigenvalue weighted by atomic mass is 10.1. The third-order valence-electron chi connectivity index (χ3n) is 3.28. The Morgan fingerprint density at radius 2 is 1.80 bits per heavy atom. The van der Waals surface area contributed by atoms with Gasteiger partial charge in [-0.05, 0) is 54.9 Å². The Kier molecular flexibility index (Phi) is 4.49. The van der Waals surface area contributed by atoms with E-state index in [1.807, 2.05) is 32.2 Å².